The Kier molecular flexibility index (Phi) is 3.87. The highest BCUT2D eigenvalue weighted by atomic mass is 19.1. The highest BCUT2D eigenvalue weighted by Crippen LogP contribution is 2.31. The molecule has 1 amide bonds. The van der Waals surface area contributed by atoms with Crippen molar-refractivity contribution in [1.29, 1.82) is 0 Å². The van der Waals surface area contributed by atoms with Gasteiger partial charge in [0.25, 0.3) is 0 Å². The van der Waals surface area contributed by atoms with E-state index in [2.05, 4.69) is 11.8 Å². The van der Waals surface area contributed by atoms with Gasteiger partial charge in [-0.25, -0.2) is 4.39 Å². The molecular formula is C15H16FNO2. The zero-order valence-electron chi connectivity index (χ0n) is 10.5. The second kappa shape index (κ2) is 5.41. The van der Waals surface area contributed by atoms with Crippen molar-refractivity contribution in [2.75, 3.05) is 0 Å². The lowest BCUT2D eigenvalue weighted by Crippen LogP contribution is -2.38. The second-order valence-corrected chi connectivity index (χ2v) is 4.99. The van der Waals surface area contributed by atoms with Crippen LogP contribution in [0.15, 0.2) is 24.3 Å². The first kappa shape index (κ1) is 13.6. The van der Waals surface area contributed by atoms with Gasteiger partial charge >= 0.3 is 0 Å². The van der Waals surface area contributed by atoms with Crippen LogP contribution in [0, 0.1) is 23.6 Å². The number of halogens is 1. The van der Waals surface area contributed by atoms with Crippen LogP contribution in [-0.2, 0) is 4.79 Å². The third-order valence-electron chi connectivity index (χ3n) is 3.39. The summed E-state index contributed by atoms with van der Waals surface area (Å²) in [5.41, 5.74) is 4.57. The number of carbonyl (C=O) groups excluding carboxylic acids is 1. The summed E-state index contributed by atoms with van der Waals surface area (Å²) in [7, 11) is 0. The van der Waals surface area contributed by atoms with Crippen LogP contribution in [0.5, 0.6) is 0 Å². The molecule has 1 aliphatic rings. The predicted molar refractivity (Wildman–Crippen MR) is 69.4 cm³/mol. The van der Waals surface area contributed by atoms with Gasteiger partial charge in [-0.15, -0.1) is 0 Å². The molecule has 1 fully saturated rings. The van der Waals surface area contributed by atoms with E-state index in [0.29, 0.717) is 24.8 Å². The first-order valence-electron chi connectivity index (χ1n) is 6.29. The highest BCUT2D eigenvalue weighted by molar-refractivity contribution is 5.77. The maximum atomic E-state index is 13.0. The zero-order chi connectivity index (χ0) is 13.9. The number of hydrogen-bond donors (Lipinski definition) is 2. The van der Waals surface area contributed by atoms with Gasteiger partial charge in [0.1, 0.15) is 11.4 Å². The Balaban J connectivity index is 2.15. The molecule has 1 aliphatic carbocycles. The summed E-state index contributed by atoms with van der Waals surface area (Å²) in [6.45, 7) is 0. The topological polar surface area (TPSA) is 63.3 Å². The lowest BCUT2D eigenvalue weighted by atomic mass is 9.78. The number of amides is 1. The number of benzene rings is 1. The Hall–Kier alpha value is -1.86. The largest absolute Gasteiger partial charge is 0.378 e. The van der Waals surface area contributed by atoms with Crippen molar-refractivity contribution in [3.63, 3.8) is 0 Å². The molecule has 4 heteroatoms. The summed E-state index contributed by atoms with van der Waals surface area (Å²) in [5, 5.41) is 10.3. The first-order valence-corrected chi connectivity index (χ1v) is 6.29. The molecule has 1 aromatic rings. The monoisotopic (exact) mass is 261 g/mol. The van der Waals surface area contributed by atoms with Crippen molar-refractivity contribution in [1.82, 2.24) is 0 Å². The SMILES string of the molecule is NC(=O)[C@@H]1CCC[C@](O)(C#Cc2cccc(F)c2)C1. The number of aliphatic hydroxyl groups is 1. The van der Waals surface area contributed by atoms with Gasteiger partial charge in [0.2, 0.25) is 5.91 Å². The Labute approximate surface area is 111 Å². The molecule has 100 valence electrons. The molecule has 0 saturated heterocycles. The third kappa shape index (κ3) is 3.55. The Morgan fingerprint density at radius 3 is 3.00 bits per heavy atom. The fraction of sp³-hybridized carbons (Fsp3) is 0.400. The average molecular weight is 261 g/mol. The quantitative estimate of drug-likeness (QED) is 0.754. The van der Waals surface area contributed by atoms with Crippen molar-refractivity contribution in [3.05, 3.63) is 35.6 Å². The van der Waals surface area contributed by atoms with Crippen LogP contribution in [0.4, 0.5) is 4.39 Å². The molecule has 0 bridgehead atoms. The average Bonchev–Trinajstić information content (AvgIpc) is 2.37. The van der Waals surface area contributed by atoms with E-state index >= 15 is 0 Å². The number of nitrogens with two attached hydrogens (primary N) is 1. The summed E-state index contributed by atoms with van der Waals surface area (Å²) in [5.74, 6) is 4.43. The van der Waals surface area contributed by atoms with E-state index in [-0.39, 0.29) is 18.2 Å². The molecule has 3 N–H and O–H groups in total. The van der Waals surface area contributed by atoms with E-state index < -0.39 is 11.5 Å². The van der Waals surface area contributed by atoms with Crippen LogP contribution < -0.4 is 5.73 Å². The third-order valence-corrected chi connectivity index (χ3v) is 3.39. The minimum atomic E-state index is -1.20. The van der Waals surface area contributed by atoms with E-state index in [0.717, 1.165) is 0 Å². The molecule has 19 heavy (non-hydrogen) atoms. The first-order chi connectivity index (χ1) is 8.98. The lowest BCUT2D eigenvalue weighted by Gasteiger charge is -2.31. The number of carbonyl (C=O) groups is 1. The van der Waals surface area contributed by atoms with Crippen LogP contribution in [0.1, 0.15) is 31.2 Å². The minimum absolute atomic E-state index is 0.255. The molecule has 0 spiro atoms. The molecular weight excluding hydrogens is 245 g/mol. The van der Waals surface area contributed by atoms with Crippen molar-refractivity contribution in [2.24, 2.45) is 11.7 Å². The van der Waals surface area contributed by atoms with Gasteiger partial charge in [-0.05, 0) is 43.9 Å². The lowest BCUT2D eigenvalue weighted by molar-refractivity contribution is -0.125. The van der Waals surface area contributed by atoms with Gasteiger partial charge < -0.3 is 10.8 Å². The van der Waals surface area contributed by atoms with E-state index in [4.69, 9.17) is 5.73 Å². The van der Waals surface area contributed by atoms with E-state index in [1.807, 2.05) is 0 Å². The molecule has 0 unspecified atom stereocenters. The van der Waals surface area contributed by atoms with Crippen LogP contribution in [0.25, 0.3) is 0 Å². The Morgan fingerprint density at radius 2 is 2.32 bits per heavy atom. The molecule has 0 aliphatic heterocycles. The molecule has 0 heterocycles. The summed E-state index contributed by atoms with van der Waals surface area (Å²) >= 11 is 0. The molecule has 0 aromatic heterocycles. The van der Waals surface area contributed by atoms with Crippen LogP contribution in [0.3, 0.4) is 0 Å². The van der Waals surface area contributed by atoms with E-state index in [9.17, 15) is 14.3 Å². The maximum absolute atomic E-state index is 13.0. The smallest absolute Gasteiger partial charge is 0.220 e. The van der Waals surface area contributed by atoms with Gasteiger partial charge in [0.15, 0.2) is 0 Å². The fourth-order valence-corrected chi connectivity index (χ4v) is 2.36. The standard InChI is InChI=1S/C15H16FNO2/c16-13-5-1-3-11(9-13)6-8-15(19)7-2-4-12(10-15)14(17)18/h1,3,5,9,12,19H,2,4,7,10H2,(H2,17,18)/t12-,15+/m1/s1. The summed E-state index contributed by atoms with van der Waals surface area (Å²) in [6.07, 6.45) is 2.17. The molecule has 0 radical (unpaired) electrons. The van der Waals surface area contributed by atoms with Crippen molar-refractivity contribution < 1.29 is 14.3 Å². The second-order valence-electron chi connectivity index (χ2n) is 4.99. The van der Waals surface area contributed by atoms with Crippen LogP contribution in [-0.4, -0.2) is 16.6 Å². The molecule has 2 atom stereocenters. The van der Waals surface area contributed by atoms with Gasteiger partial charge in [0, 0.05) is 11.5 Å². The fourth-order valence-electron chi connectivity index (χ4n) is 2.36. The Morgan fingerprint density at radius 1 is 1.53 bits per heavy atom. The summed E-state index contributed by atoms with van der Waals surface area (Å²) < 4.78 is 13.0. The normalized spacial score (nSPS) is 26.3. The van der Waals surface area contributed by atoms with Crippen LogP contribution >= 0.6 is 0 Å². The zero-order valence-corrected chi connectivity index (χ0v) is 10.5. The van der Waals surface area contributed by atoms with Gasteiger partial charge in [-0.3, -0.25) is 4.79 Å². The molecule has 3 nitrogen and oxygen atoms in total. The van der Waals surface area contributed by atoms with Crippen molar-refractivity contribution in [3.8, 4) is 11.8 Å². The van der Waals surface area contributed by atoms with Gasteiger partial charge in [0.05, 0.1) is 0 Å². The van der Waals surface area contributed by atoms with Crippen molar-refractivity contribution in [2.45, 2.75) is 31.3 Å². The highest BCUT2D eigenvalue weighted by Gasteiger charge is 2.35. The molecule has 2 rings (SSSR count). The summed E-state index contributed by atoms with van der Waals surface area (Å²) in [4.78, 5) is 11.2. The van der Waals surface area contributed by atoms with Crippen molar-refractivity contribution >= 4 is 5.91 Å². The summed E-state index contributed by atoms with van der Waals surface area (Å²) in [6, 6.07) is 5.89. The number of rotatable bonds is 1. The maximum Gasteiger partial charge on any atom is 0.220 e. The molecule has 1 saturated carbocycles. The van der Waals surface area contributed by atoms with Crippen LogP contribution in [0.2, 0.25) is 0 Å². The Bertz CT molecular complexity index is 547. The number of hydrogen-bond acceptors (Lipinski definition) is 2. The van der Waals surface area contributed by atoms with E-state index in [1.54, 1.807) is 12.1 Å². The van der Waals surface area contributed by atoms with Gasteiger partial charge in [-0.1, -0.05) is 17.9 Å². The molecule has 1 aromatic carbocycles. The van der Waals surface area contributed by atoms with E-state index in [1.165, 1.54) is 12.1 Å². The minimum Gasteiger partial charge on any atom is -0.378 e. The predicted octanol–water partition coefficient (Wildman–Crippen LogP) is 1.58. The number of primary amides is 1. The van der Waals surface area contributed by atoms with Gasteiger partial charge in [-0.2, -0.15) is 0 Å².